The van der Waals surface area contributed by atoms with E-state index >= 15 is 0 Å². The molecule has 0 aliphatic rings. The molecule has 1 aromatic heterocycles. The third kappa shape index (κ3) is 4.04. The summed E-state index contributed by atoms with van der Waals surface area (Å²) < 4.78 is 27.3. The molecule has 0 saturated carbocycles. The fourth-order valence-corrected chi connectivity index (χ4v) is 3.26. The van der Waals surface area contributed by atoms with Crippen molar-refractivity contribution in [1.29, 1.82) is 0 Å². The average Bonchev–Trinajstić information content (AvgIpc) is 2.96. The number of benzene rings is 2. The van der Waals surface area contributed by atoms with Crippen LogP contribution in [-0.4, -0.2) is 10.9 Å². The molecule has 24 heavy (non-hydrogen) atoms. The Labute approximate surface area is 149 Å². The first kappa shape index (κ1) is 16.7. The Morgan fingerprint density at radius 3 is 2.62 bits per heavy atom. The van der Waals surface area contributed by atoms with Crippen molar-refractivity contribution in [2.24, 2.45) is 0 Å². The van der Waals surface area contributed by atoms with E-state index in [0.717, 1.165) is 10.4 Å². The summed E-state index contributed by atoms with van der Waals surface area (Å²) in [6, 6.07) is 10.4. The molecule has 3 nitrogen and oxygen atoms in total. The summed E-state index contributed by atoms with van der Waals surface area (Å²) in [6.07, 6.45) is 2.22. The van der Waals surface area contributed by atoms with Crippen LogP contribution in [0, 0.1) is 11.6 Å². The van der Waals surface area contributed by atoms with Crippen molar-refractivity contribution in [2.45, 2.75) is 6.42 Å². The first-order valence-corrected chi connectivity index (χ1v) is 8.58. The zero-order chi connectivity index (χ0) is 17.1. The van der Waals surface area contributed by atoms with Crippen LogP contribution in [0.15, 0.2) is 53.1 Å². The first-order valence-electron chi connectivity index (χ1n) is 6.97. The number of anilines is 1. The largest absolute Gasteiger partial charge is 0.298 e. The normalized spacial score (nSPS) is 10.6. The van der Waals surface area contributed by atoms with E-state index in [9.17, 15) is 13.6 Å². The van der Waals surface area contributed by atoms with Crippen molar-refractivity contribution >= 4 is 38.3 Å². The highest BCUT2D eigenvalue weighted by Gasteiger charge is 2.14. The molecule has 7 heteroatoms. The molecular weight excluding hydrogens is 398 g/mol. The average molecular weight is 409 g/mol. The second-order valence-corrected chi connectivity index (χ2v) is 7.04. The number of rotatable bonds is 4. The van der Waals surface area contributed by atoms with Gasteiger partial charge in [0.25, 0.3) is 5.91 Å². The molecular formula is C17H11BrF2N2OS. The molecule has 3 aromatic rings. The van der Waals surface area contributed by atoms with E-state index in [0.29, 0.717) is 16.0 Å². The standard InChI is InChI=1S/C17H11BrF2N2OS/c18-11-3-6-14(15(20)8-11)16(23)22-17-21-9-13(24-17)7-10-1-4-12(19)5-2-10/h1-6,8-9H,7H2,(H,21,22,23). The zero-order valence-corrected chi connectivity index (χ0v) is 14.6. The van der Waals surface area contributed by atoms with Crippen LogP contribution in [0.1, 0.15) is 20.8 Å². The predicted molar refractivity (Wildman–Crippen MR) is 93.4 cm³/mol. The van der Waals surface area contributed by atoms with Gasteiger partial charge in [-0.05, 0) is 35.9 Å². The van der Waals surface area contributed by atoms with Crippen LogP contribution in [0.25, 0.3) is 0 Å². The molecule has 0 aliphatic heterocycles. The maximum absolute atomic E-state index is 13.8. The number of nitrogens with zero attached hydrogens (tertiary/aromatic N) is 1. The fourth-order valence-electron chi connectivity index (χ4n) is 2.09. The van der Waals surface area contributed by atoms with E-state index in [1.807, 2.05) is 0 Å². The summed E-state index contributed by atoms with van der Waals surface area (Å²) in [4.78, 5) is 17.1. The number of halogens is 3. The van der Waals surface area contributed by atoms with Crippen molar-refractivity contribution < 1.29 is 13.6 Å². The van der Waals surface area contributed by atoms with E-state index in [1.165, 1.54) is 35.6 Å². The van der Waals surface area contributed by atoms with E-state index < -0.39 is 11.7 Å². The summed E-state index contributed by atoms with van der Waals surface area (Å²) in [7, 11) is 0. The summed E-state index contributed by atoms with van der Waals surface area (Å²) >= 11 is 4.44. The Kier molecular flexibility index (Phi) is 5.01. The summed E-state index contributed by atoms with van der Waals surface area (Å²) in [5.41, 5.74) is 0.894. The molecule has 0 bridgehead atoms. The van der Waals surface area contributed by atoms with Gasteiger partial charge in [-0.3, -0.25) is 10.1 Å². The Morgan fingerprint density at radius 2 is 1.92 bits per heavy atom. The van der Waals surface area contributed by atoms with Crippen LogP contribution in [0.2, 0.25) is 0 Å². The third-order valence-electron chi connectivity index (χ3n) is 3.24. The number of carbonyl (C=O) groups is 1. The van der Waals surface area contributed by atoms with Gasteiger partial charge in [-0.2, -0.15) is 0 Å². The summed E-state index contributed by atoms with van der Waals surface area (Å²) in [6.45, 7) is 0. The monoisotopic (exact) mass is 408 g/mol. The number of aromatic nitrogens is 1. The number of hydrogen-bond acceptors (Lipinski definition) is 3. The number of hydrogen-bond donors (Lipinski definition) is 1. The number of thiazole rings is 1. The highest BCUT2D eigenvalue weighted by Crippen LogP contribution is 2.23. The molecule has 0 saturated heterocycles. The second-order valence-electron chi connectivity index (χ2n) is 5.01. The summed E-state index contributed by atoms with van der Waals surface area (Å²) in [5.74, 6) is -1.44. The molecule has 0 aliphatic carbocycles. The lowest BCUT2D eigenvalue weighted by molar-refractivity contribution is 0.102. The van der Waals surface area contributed by atoms with Gasteiger partial charge < -0.3 is 0 Å². The Bertz CT molecular complexity index is 881. The second kappa shape index (κ2) is 7.19. The van der Waals surface area contributed by atoms with Crippen molar-refractivity contribution in [3.05, 3.63) is 80.8 Å². The fraction of sp³-hybridized carbons (Fsp3) is 0.0588. The predicted octanol–water partition coefficient (Wildman–Crippen LogP) is 5.03. The van der Waals surface area contributed by atoms with Crippen LogP contribution in [0.4, 0.5) is 13.9 Å². The van der Waals surface area contributed by atoms with Crippen LogP contribution in [0.5, 0.6) is 0 Å². The summed E-state index contributed by atoms with van der Waals surface area (Å²) in [5, 5.41) is 2.98. The lowest BCUT2D eigenvalue weighted by atomic mass is 10.1. The van der Waals surface area contributed by atoms with Gasteiger partial charge >= 0.3 is 0 Å². The molecule has 0 unspecified atom stereocenters. The molecule has 0 fully saturated rings. The van der Waals surface area contributed by atoms with Gasteiger partial charge in [0.05, 0.1) is 5.56 Å². The minimum Gasteiger partial charge on any atom is -0.298 e. The van der Waals surface area contributed by atoms with Crippen molar-refractivity contribution in [3.8, 4) is 0 Å². The maximum Gasteiger partial charge on any atom is 0.260 e. The number of nitrogens with one attached hydrogen (secondary N) is 1. The Balaban J connectivity index is 1.69. The molecule has 0 spiro atoms. The molecule has 1 heterocycles. The lowest BCUT2D eigenvalue weighted by Gasteiger charge is -2.03. The molecule has 1 amide bonds. The van der Waals surface area contributed by atoms with Crippen molar-refractivity contribution in [2.75, 3.05) is 5.32 Å². The van der Waals surface area contributed by atoms with Gasteiger partial charge in [0, 0.05) is 22.0 Å². The minimum absolute atomic E-state index is 0.0477. The smallest absolute Gasteiger partial charge is 0.260 e. The lowest BCUT2D eigenvalue weighted by Crippen LogP contribution is -2.13. The van der Waals surface area contributed by atoms with Gasteiger partial charge in [0.15, 0.2) is 5.13 Å². The van der Waals surface area contributed by atoms with Crippen molar-refractivity contribution in [3.63, 3.8) is 0 Å². The number of carbonyl (C=O) groups excluding carboxylic acids is 1. The van der Waals surface area contributed by atoms with Gasteiger partial charge in [-0.15, -0.1) is 11.3 Å². The van der Waals surface area contributed by atoms with Gasteiger partial charge in [0.2, 0.25) is 0 Å². The molecule has 3 rings (SSSR count). The van der Waals surface area contributed by atoms with Gasteiger partial charge in [-0.1, -0.05) is 28.1 Å². The van der Waals surface area contributed by atoms with Crippen LogP contribution in [0.3, 0.4) is 0 Å². The highest BCUT2D eigenvalue weighted by atomic mass is 79.9. The first-order chi connectivity index (χ1) is 11.5. The minimum atomic E-state index is -0.607. The van der Waals surface area contributed by atoms with Crippen molar-refractivity contribution in [1.82, 2.24) is 4.98 Å². The molecule has 122 valence electrons. The van der Waals surface area contributed by atoms with Gasteiger partial charge in [0.1, 0.15) is 11.6 Å². The topological polar surface area (TPSA) is 42.0 Å². The van der Waals surface area contributed by atoms with E-state index in [2.05, 4.69) is 26.2 Å². The van der Waals surface area contributed by atoms with E-state index in [-0.39, 0.29) is 11.4 Å². The van der Waals surface area contributed by atoms with E-state index in [1.54, 1.807) is 24.4 Å². The Hall–Kier alpha value is -2.12. The molecule has 1 N–H and O–H groups in total. The maximum atomic E-state index is 13.8. The highest BCUT2D eigenvalue weighted by molar-refractivity contribution is 9.10. The van der Waals surface area contributed by atoms with Crippen LogP contribution < -0.4 is 5.32 Å². The van der Waals surface area contributed by atoms with Crippen LogP contribution in [-0.2, 0) is 6.42 Å². The van der Waals surface area contributed by atoms with E-state index in [4.69, 9.17) is 0 Å². The molecule has 2 aromatic carbocycles. The number of amides is 1. The van der Waals surface area contributed by atoms with Crippen LogP contribution >= 0.6 is 27.3 Å². The van der Waals surface area contributed by atoms with Gasteiger partial charge in [-0.25, -0.2) is 13.8 Å². The zero-order valence-electron chi connectivity index (χ0n) is 12.2. The molecule has 0 radical (unpaired) electrons. The third-order valence-corrected chi connectivity index (χ3v) is 4.65. The SMILES string of the molecule is O=C(Nc1ncc(Cc2ccc(F)cc2)s1)c1ccc(Br)cc1F. The molecule has 0 atom stereocenters. The quantitative estimate of drug-likeness (QED) is 0.657. The Morgan fingerprint density at radius 1 is 1.17 bits per heavy atom.